The third-order valence-corrected chi connectivity index (χ3v) is 3.96. The summed E-state index contributed by atoms with van der Waals surface area (Å²) in [6, 6.07) is 0. The number of carbonyl (C=O) groups is 1. The number of unbranched alkanes of at least 4 members (excludes halogenated alkanes) is 2. The van der Waals surface area contributed by atoms with Gasteiger partial charge in [-0.15, -0.1) is 11.6 Å². The maximum absolute atomic E-state index is 11.5. The van der Waals surface area contributed by atoms with Gasteiger partial charge in [-0.05, 0) is 25.2 Å². The van der Waals surface area contributed by atoms with Crippen molar-refractivity contribution in [3.8, 4) is 0 Å². The van der Waals surface area contributed by atoms with Crippen LogP contribution in [0.1, 0.15) is 58.3 Å². The van der Waals surface area contributed by atoms with Gasteiger partial charge in [0.05, 0.1) is 0 Å². The van der Waals surface area contributed by atoms with E-state index in [4.69, 9.17) is 11.6 Å². The summed E-state index contributed by atoms with van der Waals surface area (Å²) in [6.45, 7) is 2.93. The molecule has 1 fully saturated rings. The maximum Gasteiger partial charge on any atom is 0.220 e. The predicted molar refractivity (Wildman–Crippen MR) is 68.8 cm³/mol. The highest BCUT2D eigenvalue weighted by Gasteiger charge is 2.23. The molecule has 0 radical (unpaired) electrons. The van der Waals surface area contributed by atoms with E-state index in [2.05, 4.69) is 12.2 Å². The second-order valence-electron chi connectivity index (χ2n) is 4.82. The van der Waals surface area contributed by atoms with Crippen molar-refractivity contribution in [2.24, 2.45) is 5.92 Å². The highest BCUT2D eigenvalue weighted by Crippen LogP contribution is 2.27. The summed E-state index contributed by atoms with van der Waals surface area (Å²) in [5.74, 6) is 0.688. The molecule has 2 atom stereocenters. The van der Waals surface area contributed by atoms with Crippen molar-refractivity contribution < 1.29 is 4.79 Å². The molecular weight excluding hydrogens is 222 g/mol. The van der Waals surface area contributed by atoms with Gasteiger partial charge < -0.3 is 5.32 Å². The second-order valence-corrected chi connectivity index (χ2v) is 5.38. The van der Waals surface area contributed by atoms with Crippen LogP contribution in [0, 0.1) is 5.92 Å². The smallest absolute Gasteiger partial charge is 0.220 e. The lowest BCUT2D eigenvalue weighted by Gasteiger charge is -2.27. The van der Waals surface area contributed by atoms with E-state index in [0.29, 0.717) is 12.3 Å². The average Bonchev–Trinajstić information content (AvgIpc) is 2.28. The number of amides is 1. The zero-order valence-corrected chi connectivity index (χ0v) is 11.1. The number of rotatable bonds is 6. The second kappa shape index (κ2) is 7.94. The van der Waals surface area contributed by atoms with E-state index in [-0.39, 0.29) is 11.3 Å². The molecule has 1 rings (SSSR count). The molecule has 0 saturated heterocycles. The molecule has 0 aliphatic heterocycles. The van der Waals surface area contributed by atoms with Crippen molar-refractivity contribution in [2.75, 3.05) is 6.54 Å². The van der Waals surface area contributed by atoms with Crippen LogP contribution in [0.4, 0.5) is 0 Å². The molecule has 2 unspecified atom stereocenters. The van der Waals surface area contributed by atoms with Crippen molar-refractivity contribution in [1.29, 1.82) is 0 Å². The largest absolute Gasteiger partial charge is 0.356 e. The van der Waals surface area contributed by atoms with Crippen molar-refractivity contribution >= 4 is 17.5 Å². The van der Waals surface area contributed by atoms with Crippen LogP contribution in [-0.4, -0.2) is 17.8 Å². The average molecular weight is 246 g/mol. The SMILES string of the molecule is CCCCCC(=O)NCC1CCCCC1Cl. The van der Waals surface area contributed by atoms with E-state index in [1.807, 2.05) is 0 Å². The molecule has 0 spiro atoms. The summed E-state index contributed by atoms with van der Waals surface area (Å²) in [5, 5.41) is 3.29. The Balaban J connectivity index is 2.10. The highest BCUT2D eigenvalue weighted by atomic mass is 35.5. The molecule has 2 nitrogen and oxygen atoms in total. The zero-order chi connectivity index (χ0) is 11.8. The van der Waals surface area contributed by atoms with Gasteiger partial charge in [-0.2, -0.15) is 0 Å². The summed E-state index contributed by atoms with van der Waals surface area (Å²) in [5.41, 5.74) is 0. The first-order valence-corrected chi connectivity index (χ1v) is 7.08. The van der Waals surface area contributed by atoms with Gasteiger partial charge in [-0.3, -0.25) is 4.79 Å². The van der Waals surface area contributed by atoms with Crippen LogP contribution in [0.5, 0.6) is 0 Å². The molecule has 94 valence electrons. The summed E-state index contributed by atoms with van der Waals surface area (Å²) >= 11 is 6.24. The number of carbonyl (C=O) groups excluding carboxylic acids is 1. The first kappa shape index (κ1) is 13.8. The van der Waals surface area contributed by atoms with Gasteiger partial charge >= 0.3 is 0 Å². The zero-order valence-electron chi connectivity index (χ0n) is 10.3. The van der Waals surface area contributed by atoms with Crippen LogP contribution in [0.2, 0.25) is 0 Å². The molecule has 16 heavy (non-hydrogen) atoms. The molecule has 1 saturated carbocycles. The summed E-state index contributed by atoms with van der Waals surface area (Å²) in [7, 11) is 0. The van der Waals surface area contributed by atoms with Gasteiger partial charge in [0, 0.05) is 18.3 Å². The van der Waals surface area contributed by atoms with Gasteiger partial charge in [-0.25, -0.2) is 0 Å². The molecule has 0 aromatic heterocycles. The quantitative estimate of drug-likeness (QED) is 0.563. The molecule has 0 aromatic rings. The topological polar surface area (TPSA) is 29.1 Å². The lowest BCUT2D eigenvalue weighted by atomic mass is 9.89. The van der Waals surface area contributed by atoms with Gasteiger partial charge in [0.15, 0.2) is 0 Å². The lowest BCUT2D eigenvalue weighted by molar-refractivity contribution is -0.121. The van der Waals surface area contributed by atoms with Crippen LogP contribution in [-0.2, 0) is 4.79 Å². The van der Waals surface area contributed by atoms with Crippen molar-refractivity contribution in [3.63, 3.8) is 0 Å². The molecular formula is C13H24ClNO. The third kappa shape index (κ3) is 5.20. The van der Waals surface area contributed by atoms with Crippen LogP contribution < -0.4 is 5.32 Å². The number of alkyl halides is 1. The number of halogens is 1. The Hall–Kier alpha value is -0.240. The maximum atomic E-state index is 11.5. The van der Waals surface area contributed by atoms with Crippen molar-refractivity contribution in [2.45, 2.75) is 63.7 Å². The van der Waals surface area contributed by atoms with E-state index in [1.165, 1.54) is 25.7 Å². The molecule has 0 bridgehead atoms. The summed E-state index contributed by atoms with van der Waals surface area (Å²) in [6.07, 6.45) is 8.79. The normalized spacial score (nSPS) is 25.4. The Morgan fingerprint density at radius 3 is 2.75 bits per heavy atom. The minimum absolute atomic E-state index is 0.197. The first-order chi connectivity index (χ1) is 7.74. The molecule has 1 amide bonds. The Morgan fingerprint density at radius 2 is 2.06 bits per heavy atom. The van der Waals surface area contributed by atoms with Crippen molar-refractivity contribution in [3.05, 3.63) is 0 Å². The van der Waals surface area contributed by atoms with Gasteiger partial charge in [0.2, 0.25) is 5.91 Å². The number of nitrogens with one attached hydrogen (secondary N) is 1. The molecule has 1 aliphatic carbocycles. The van der Waals surface area contributed by atoms with Gasteiger partial charge in [0.25, 0.3) is 0 Å². The highest BCUT2D eigenvalue weighted by molar-refractivity contribution is 6.20. The third-order valence-electron chi connectivity index (χ3n) is 3.39. The fraction of sp³-hybridized carbons (Fsp3) is 0.923. The van der Waals surface area contributed by atoms with E-state index < -0.39 is 0 Å². The Labute approximate surface area is 104 Å². The Bertz CT molecular complexity index is 208. The fourth-order valence-electron chi connectivity index (χ4n) is 2.26. The molecule has 0 aromatic carbocycles. The van der Waals surface area contributed by atoms with E-state index in [1.54, 1.807) is 0 Å². The van der Waals surface area contributed by atoms with E-state index >= 15 is 0 Å². The Kier molecular flexibility index (Phi) is 6.86. The number of hydrogen-bond donors (Lipinski definition) is 1. The van der Waals surface area contributed by atoms with Crippen LogP contribution >= 0.6 is 11.6 Å². The minimum Gasteiger partial charge on any atom is -0.356 e. The number of hydrogen-bond acceptors (Lipinski definition) is 1. The summed E-state index contributed by atoms with van der Waals surface area (Å²) in [4.78, 5) is 11.5. The summed E-state index contributed by atoms with van der Waals surface area (Å²) < 4.78 is 0. The van der Waals surface area contributed by atoms with Gasteiger partial charge in [-0.1, -0.05) is 32.6 Å². The monoisotopic (exact) mass is 245 g/mol. The van der Waals surface area contributed by atoms with E-state index in [0.717, 1.165) is 25.8 Å². The predicted octanol–water partition coefficient (Wildman–Crippen LogP) is 3.48. The van der Waals surface area contributed by atoms with Gasteiger partial charge in [0.1, 0.15) is 0 Å². The standard InChI is InChI=1S/C13H24ClNO/c1-2-3-4-9-13(16)15-10-11-7-5-6-8-12(11)14/h11-12H,2-10H2,1H3,(H,15,16). The molecule has 1 aliphatic rings. The molecule has 0 heterocycles. The van der Waals surface area contributed by atoms with Crippen molar-refractivity contribution in [1.82, 2.24) is 5.32 Å². The van der Waals surface area contributed by atoms with Crippen LogP contribution in [0.3, 0.4) is 0 Å². The molecule has 1 N–H and O–H groups in total. The van der Waals surface area contributed by atoms with Crippen LogP contribution in [0.25, 0.3) is 0 Å². The van der Waals surface area contributed by atoms with Crippen LogP contribution in [0.15, 0.2) is 0 Å². The molecule has 3 heteroatoms. The first-order valence-electron chi connectivity index (χ1n) is 6.64. The lowest BCUT2D eigenvalue weighted by Crippen LogP contribution is -2.34. The fourth-order valence-corrected chi connectivity index (χ4v) is 2.63. The minimum atomic E-state index is 0.197. The Morgan fingerprint density at radius 1 is 1.31 bits per heavy atom. The van der Waals surface area contributed by atoms with E-state index in [9.17, 15) is 4.79 Å².